The molecule has 0 aliphatic carbocycles. The largest absolute Gasteiger partial charge is 0.464 e. The van der Waals surface area contributed by atoms with Gasteiger partial charge in [-0.05, 0) is 19.0 Å². The Bertz CT molecular complexity index is 520. The maximum atomic E-state index is 5.99. The van der Waals surface area contributed by atoms with Gasteiger partial charge in [0.2, 0.25) is 0 Å². The van der Waals surface area contributed by atoms with Crippen molar-refractivity contribution in [3.05, 3.63) is 36.1 Å². The third kappa shape index (κ3) is 2.99. The summed E-state index contributed by atoms with van der Waals surface area (Å²) in [5.41, 5.74) is 8.13. The lowest BCUT2D eigenvalue weighted by Crippen LogP contribution is -2.33. The van der Waals surface area contributed by atoms with E-state index in [0.29, 0.717) is 12.5 Å². The SMILES string of the molecule is CCC(C)CN(C)C(CN)c1coc2ccccc12. The van der Waals surface area contributed by atoms with Gasteiger partial charge in [-0.25, -0.2) is 0 Å². The zero-order valence-electron chi connectivity index (χ0n) is 12.1. The Balaban J connectivity index is 2.26. The van der Waals surface area contributed by atoms with E-state index >= 15 is 0 Å². The predicted octanol–water partition coefficient (Wildman–Crippen LogP) is 3.41. The summed E-state index contributed by atoms with van der Waals surface area (Å²) in [5, 5.41) is 1.17. The second-order valence-corrected chi connectivity index (χ2v) is 5.39. The van der Waals surface area contributed by atoms with Crippen LogP contribution in [0.3, 0.4) is 0 Å². The molecule has 0 saturated heterocycles. The summed E-state index contributed by atoms with van der Waals surface area (Å²) in [7, 11) is 2.14. The van der Waals surface area contributed by atoms with Gasteiger partial charge in [-0.3, -0.25) is 4.90 Å². The summed E-state index contributed by atoms with van der Waals surface area (Å²) in [6, 6.07) is 8.37. The summed E-state index contributed by atoms with van der Waals surface area (Å²) >= 11 is 0. The first-order chi connectivity index (χ1) is 9.17. The summed E-state index contributed by atoms with van der Waals surface area (Å²) < 4.78 is 5.63. The zero-order valence-corrected chi connectivity index (χ0v) is 12.1. The topological polar surface area (TPSA) is 42.4 Å². The number of nitrogens with zero attached hydrogens (tertiary/aromatic N) is 1. The Morgan fingerprint density at radius 3 is 2.74 bits per heavy atom. The monoisotopic (exact) mass is 260 g/mol. The Hall–Kier alpha value is -1.32. The molecule has 2 aromatic rings. The van der Waals surface area contributed by atoms with E-state index in [2.05, 4.69) is 31.9 Å². The molecule has 1 heterocycles. The van der Waals surface area contributed by atoms with E-state index in [4.69, 9.17) is 10.2 Å². The van der Waals surface area contributed by atoms with Crippen molar-refractivity contribution in [2.45, 2.75) is 26.3 Å². The van der Waals surface area contributed by atoms with Crippen LogP contribution in [0, 0.1) is 5.92 Å². The third-order valence-electron chi connectivity index (χ3n) is 3.92. The van der Waals surface area contributed by atoms with Gasteiger partial charge in [0.25, 0.3) is 0 Å². The molecule has 0 aliphatic rings. The number of likely N-dealkylation sites (N-methyl/N-ethyl adjacent to an activating group) is 1. The molecule has 104 valence electrons. The fourth-order valence-corrected chi connectivity index (χ4v) is 2.55. The third-order valence-corrected chi connectivity index (χ3v) is 3.92. The molecule has 2 N–H and O–H groups in total. The molecule has 1 aromatic carbocycles. The number of fused-ring (bicyclic) bond motifs is 1. The molecular formula is C16H24N2O. The normalized spacial score (nSPS) is 15.0. The van der Waals surface area contributed by atoms with E-state index in [1.807, 2.05) is 24.5 Å². The van der Waals surface area contributed by atoms with Crippen LogP contribution in [0.25, 0.3) is 11.0 Å². The fraction of sp³-hybridized carbons (Fsp3) is 0.500. The van der Waals surface area contributed by atoms with Crippen LogP contribution >= 0.6 is 0 Å². The number of benzene rings is 1. The lowest BCUT2D eigenvalue weighted by atomic mass is 10.0. The minimum Gasteiger partial charge on any atom is -0.464 e. The molecule has 2 atom stereocenters. The van der Waals surface area contributed by atoms with E-state index in [1.54, 1.807) is 0 Å². The number of rotatable bonds is 6. The van der Waals surface area contributed by atoms with Gasteiger partial charge in [0, 0.05) is 24.0 Å². The molecular weight excluding hydrogens is 236 g/mol. The van der Waals surface area contributed by atoms with Crippen molar-refractivity contribution in [3.63, 3.8) is 0 Å². The average molecular weight is 260 g/mol. The van der Waals surface area contributed by atoms with Crippen molar-refractivity contribution < 1.29 is 4.42 Å². The number of hydrogen-bond donors (Lipinski definition) is 1. The van der Waals surface area contributed by atoms with Crippen molar-refractivity contribution in [2.24, 2.45) is 11.7 Å². The fourth-order valence-electron chi connectivity index (χ4n) is 2.55. The predicted molar refractivity (Wildman–Crippen MR) is 80.1 cm³/mol. The molecule has 0 bridgehead atoms. The Kier molecular flexibility index (Phi) is 4.61. The first-order valence-corrected chi connectivity index (χ1v) is 7.03. The van der Waals surface area contributed by atoms with Crippen LogP contribution in [0.4, 0.5) is 0 Å². The van der Waals surface area contributed by atoms with Crippen LogP contribution in [-0.2, 0) is 0 Å². The Morgan fingerprint density at radius 1 is 1.32 bits per heavy atom. The van der Waals surface area contributed by atoms with Crippen molar-refractivity contribution in [1.29, 1.82) is 0 Å². The summed E-state index contributed by atoms with van der Waals surface area (Å²) in [6.45, 7) is 6.16. The van der Waals surface area contributed by atoms with Gasteiger partial charge in [-0.2, -0.15) is 0 Å². The Morgan fingerprint density at radius 2 is 2.05 bits per heavy atom. The highest BCUT2D eigenvalue weighted by molar-refractivity contribution is 5.81. The van der Waals surface area contributed by atoms with Gasteiger partial charge < -0.3 is 10.2 Å². The Labute approximate surface area is 115 Å². The maximum absolute atomic E-state index is 5.99. The highest BCUT2D eigenvalue weighted by Crippen LogP contribution is 2.29. The standard InChI is InChI=1S/C16H24N2O/c1-4-12(2)10-18(3)15(9-17)14-11-19-16-8-6-5-7-13(14)16/h5-8,11-12,15H,4,9-10,17H2,1-3H3. The van der Waals surface area contributed by atoms with Crippen molar-refractivity contribution in [2.75, 3.05) is 20.1 Å². The second kappa shape index (κ2) is 6.22. The minimum absolute atomic E-state index is 0.220. The molecule has 19 heavy (non-hydrogen) atoms. The molecule has 3 heteroatoms. The molecule has 2 rings (SSSR count). The van der Waals surface area contributed by atoms with Crippen LogP contribution < -0.4 is 5.73 Å². The molecule has 0 saturated carbocycles. The molecule has 3 nitrogen and oxygen atoms in total. The van der Waals surface area contributed by atoms with E-state index in [1.165, 1.54) is 17.4 Å². The van der Waals surface area contributed by atoms with Crippen LogP contribution in [0.5, 0.6) is 0 Å². The molecule has 2 unspecified atom stereocenters. The zero-order chi connectivity index (χ0) is 13.8. The quantitative estimate of drug-likeness (QED) is 0.865. The van der Waals surface area contributed by atoms with Gasteiger partial charge in [0.1, 0.15) is 5.58 Å². The summed E-state index contributed by atoms with van der Waals surface area (Å²) in [6.07, 6.45) is 3.04. The molecule has 0 aliphatic heterocycles. The van der Waals surface area contributed by atoms with Gasteiger partial charge in [-0.15, -0.1) is 0 Å². The van der Waals surface area contributed by atoms with Crippen molar-refractivity contribution in [1.82, 2.24) is 4.90 Å². The van der Waals surface area contributed by atoms with Crippen LogP contribution in [-0.4, -0.2) is 25.0 Å². The number of hydrogen-bond acceptors (Lipinski definition) is 3. The highest BCUT2D eigenvalue weighted by atomic mass is 16.3. The maximum Gasteiger partial charge on any atom is 0.134 e. The molecule has 1 aromatic heterocycles. The molecule has 0 amide bonds. The number of para-hydroxylation sites is 1. The van der Waals surface area contributed by atoms with Gasteiger partial charge >= 0.3 is 0 Å². The van der Waals surface area contributed by atoms with Gasteiger partial charge in [0.15, 0.2) is 0 Å². The minimum atomic E-state index is 0.220. The van der Waals surface area contributed by atoms with Crippen LogP contribution in [0.15, 0.2) is 34.9 Å². The van der Waals surface area contributed by atoms with Crippen molar-refractivity contribution in [3.8, 4) is 0 Å². The van der Waals surface area contributed by atoms with Crippen LogP contribution in [0.1, 0.15) is 31.9 Å². The van der Waals surface area contributed by atoms with Gasteiger partial charge in [-0.1, -0.05) is 38.5 Å². The summed E-state index contributed by atoms with van der Waals surface area (Å²) in [5.74, 6) is 0.678. The molecule has 0 radical (unpaired) electrons. The number of nitrogens with two attached hydrogens (primary N) is 1. The first-order valence-electron chi connectivity index (χ1n) is 7.03. The van der Waals surface area contributed by atoms with E-state index < -0.39 is 0 Å². The lowest BCUT2D eigenvalue weighted by molar-refractivity contribution is 0.215. The van der Waals surface area contributed by atoms with Crippen molar-refractivity contribution >= 4 is 11.0 Å². The average Bonchev–Trinajstić information content (AvgIpc) is 2.84. The molecule has 0 fully saturated rings. The van der Waals surface area contributed by atoms with Crippen LogP contribution in [0.2, 0.25) is 0 Å². The van der Waals surface area contributed by atoms with E-state index in [0.717, 1.165) is 12.1 Å². The van der Waals surface area contributed by atoms with E-state index in [-0.39, 0.29) is 6.04 Å². The highest BCUT2D eigenvalue weighted by Gasteiger charge is 2.20. The number of furan rings is 1. The smallest absolute Gasteiger partial charge is 0.134 e. The summed E-state index contributed by atoms with van der Waals surface area (Å²) in [4.78, 5) is 2.34. The lowest BCUT2D eigenvalue weighted by Gasteiger charge is -2.28. The van der Waals surface area contributed by atoms with E-state index in [9.17, 15) is 0 Å². The molecule has 0 spiro atoms. The van der Waals surface area contributed by atoms with Gasteiger partial charge in [0.05, 0.1) is 12.3 Å². The second-order valence-electron chi connectivity index (χ2n) is 5.39. The first kappa shape index (κ1) is 14.1.